The Morgan fingerprint density at radius 1 is 0.483 bits per heavy atom. The second kappa shape index (κ2) is 35.1. The molecule has 1 unspecified atom stereocenters. The molecule has 89 heavy (non-hydrogen) atoms. The van der Waals surface area contributed by atoms with Gasteiger partial charge in [-0.25, -0.2) is 48.6 Å². The molecule has 4 aromatic rings. The first-order valence-corrected chi connectivity index (χ1v) is 37.7. The Labute approximate surface area is 518 Å². The van der Waals surface area contributed by atoms with E-state index in [1.165, 1.54) is 74.8 Å². The molecule has 0 bridgehead atoms. The molecule has 0 spiro atoms. The zero-order valence-corrected chi connectivity index (χ0v) is 54.8. The molecule has 0 aliphatic carbocycles. The normalized spacial score (nSPS) is 12.2. The van der Waals surface area contributed by atoms with Crippen LogP contribution in [0.25, 0.3) is 0 Å². The number of aryl methyl sites for hydroxylation is 2. The first kappa shape index (κ1) is 80.4. The van der Waals surface area contributed by atoms with E-state index in [2.05, 4.69) is 4.72 Å². The Kier molecular flexibility index (Phi) is 31.7. The zero-order valence-electron chi connectivity index (χ0n) is 48.3. The van der Waals surface area contributed by atoms with E-state index in [-0.39, 0.29) is 45.0 Å². The standard InChI is InChI=1S/C17H28N2O7S2.C11H15NO7S2.2C10H13NO7S2/c1-3-5-9-19(10-6-4-2)16-8-7-14(13-15(16)17(20)21)18-27(22,23)11-12-28(24,25)26;1-8-3-4-9(7-10(8)11(13)14)12(2)20(15,16)5-6-21(17,18)19;1-7-2-3-8(6-9(7)10(12)13)11-19(14,15)4-5-20(16,17)18;1-11(19(14)18-6-7-20(15,16)17)9-5-3-2-4-8(9)10(12)13/h7-8,13,18H,3-6,9-12H2,1-2H3,(H,20,21)(H,24,25,26);3-4,7H,5-6H2,1-2H3,(H,13,14)(H,17,18,19);2-3,6,11H,4-5H2,1H3,(H,12,13)(H,16,17,18);2-5H,6-7H2,1H3,(H,12,13)(H,15,16,17). The van der Waals surface area contributed by atoms with Crippen molar-refractivity contribution in [1.82, 2.24) is 0 Å². The summed E-state index contributed by atoms with van der Waals surface area (Å²) in [5.74, 6) is -10.8. The number of unbranched alkanes of at least 4 members (excludes halogenated alkanes) is 2. The van der Waals surface area contributed by atoms with Gasteiger partial charge in [0.2, 0.25) is 30.1 Å². The molecule has 0 saturated carbocycles. The third kappa shape index (κ3) is 31.6. The minimum Gasteiger partial charge on any atom is -0.478 e. The molecule has 0 radical (unpaired) electrons. The lowest BCUT2D eigenvalue weighted by molar-refractivity contribution is 0.0685. The number of aromatic carboxylic acids is 4. The number of carboxylic acids is 4. The lowest BCUT2D eigenvalue weighted by Crippen LogP contribution is -2.32. The van der Waals surface area contributed by atoms with Crippen molar-refractivity contribution in [2.45, 2.75) is 53.4 Å². The highest BCUT2D eigenvalue weighted by molar-refractivity contribution is 7.95. The molecule has 0 saturated heterocycles. The number of para-hydroxylation sites is 1. The smallest absolute Gasteiger partial charge is 0.337 e. The van der Waals surface area contributed by atoms with E-state index in [9.17, 15) is 87.4 Å². The van der Waals surface area contributed by atoms with Gasteiger partial charge < -0.3 is 25.3 Å². The van der Waals surface area contributed by atoms with Gasteiger partial charge in [0.05, 0.1) is 80.4 Å². The van der Waals surface area contributed by atoms with Crippen molar-refractivity contribution in [3.05, 3.63) is 112 Å². The largest absolute Gasteiger partial charge is 0.478 e. The second-order valence-electron chi connectivity index (χ2n) is 18.5. The molecule has 4 aromatic carbocycles. The summed E-state index contributed by atoms with van der Waals surface area (Å²) >= 11 is -2.08. The Bertz CT molecular complexity index is 3970. The van der Waals surface area contributed by atoms with Crippen molar-refractivity contribution in [3.63, 3.8) is 0 Å². The Morgan fingerprint density at radius 3 is 1.30 bits per heavy atom. The predicted octanol–water partition coefficient (Wildman–Crippen LogP) is 3.39. The molecule has 10 N–H and O–H groups in total. The van der Waals surface area contributed by atoms with Crippen molar-refractivity contribution >= 4 is 134 Å². The molecule has 502 valence electrons. The number of hydrogen-bond donors (Lipinski definition) is 10. The fourth-order valence-corrected chi connectivity index (χ4v) is 14.9. The van der Waals surface area contributed by atoms with Crippen molar-refractivity contribution in [2.24, 2.45) is 0 Å². The van der Waals surface area contributed by atoms with Gasteiger partial charge in [-0.1, -0.05) is 51.0 Å². The Hall–Kier alpha value is -6.64. The number of nitrogens with one attached hydrogen (secondary N) is 2. The number of hydrogen-bond acceptors (Lipinski definition) is 21. The molecule has 0 aromatic heterocycles. The average Bonchev–Trinajstić information content (AvgIpc) is 2.64. The molecule has 33 nitrogen and oxygen atoms in total. The van der Waals surface area contributed by atoms with E-state index in [0.717, 1.165) is 40.4 Å². The summed E-state index contributed by atoms with van der Waals surface area (Å²) in [7, 11) is -27.0. The molecule has 0 fully saturated rings. The van der Waals surface area contributed by atoms with Crippen molar-refractivity contribution in [3.8, 4) is 0 Å². The molecule has 1 atom stereocenters. The van der Waals surface area contributed by atoms with Crippen LogP contribution in [0.1, 0.15) is 92.1 Å². The van der Waals surface area contributed by atoms with E-state index in [0.29, 0.717) is 29.9 Å². The number of benzene rings is 4. The first-order valence-electron chi connectivity index (χ1n) is 25.3. The highest BCUT2D eigenvalue weighted by Gasteiger charge is 2.25. The van der Waals surface area contributed by atoms with Crippen molar-refractivity contribution < 1.29 is 125 Å². The molecule has 0 amide bonds. The van der Waals surface area contributed by atoms with E-state index < -0.39 is 153 Å². The number of carboxylic acid groups (broad SMARTS) is 4. The summed E-state index contributed by atoms with van der Waals surface area (Å²) in [6, 6.07) is 18.0. The second-order valence-corrected chi connectivity index (χ2v) is 31.8. The number of nitrogens with zero attached hydrogens (tertiary/aromatic N) is 3. The summed E-state index contributed by atoms with van der Waals surface area (Å²) in [5.41, 5.74) is 1.47. The van der Waals surface area contributed by atoms with Crippen LogP contribution in [-0.4, -0.2) is 200 Å². The molecule has 41 heteroatoms. The number of anilines is 5. The summed E-state index contributed by atoms with van der Waals surface area (Å²) in [6.07, 6.45) is 3.70. The molecule has 4 rings (SSSR count). The molecular weight excluding hydrogens is 1350 g/mol. The highest BCUT2D eigenvalue weighted by atomic mass is 32.2. The van der Waals surface area contributed by atoms with Gasteiger partial charge in [0.1, 0.15) is 5.75 Å². The number of carbonyl (C=O) groups is 4. The fourth-order valence-electron chi connectivity index (χ4n) is 6.75. The Morgan fingerprint density at radius 2 is 0.876 bits per heavy atom. The van der Waals surface area contributed by atoms with E-state index in [1.807, 2.05) is 23.5 Å². The average molecular weight is 1420 g/mol. The summed E-state index contributed by atoms with van der Waals surface area (Å²) in [4.78, 5) is 46.7. The van der Waals surface area contributed by atoms with Crippen LogP contribution in [0.2, 0.25) is 0 Å². The maximum Gasteiger partial charge on any atom is 0.337 e. The summed E-state index contributed by atoms with van der Waals surface area (Å²) in [5, 5.41) is 36.5. The predicted molar refractivity (Wildman–Crippen MR) is 330 cm³/mol. The van der Waals surface area contributed by atoms with Crippen LogP contribution >= 0.6 is 0 Å². The van der Waals surface area contributed by atoms with E-state index >= 15 is 0 Å². The van der Waals surface area contributed by atoms with Gasteiger partial charge in [-0.3, -0.25) is 40.4 Å². The lowest BCUT2D eigenvalue weighted by atomic mass is 10.1. The van der Waals surface area contributed by atoms with Gasteiger partial charge >= 0.3 is 23.9 Å². The molecule has 0 heterocycles. The monoisotopic (exact) mass is 1420 g/mol. The number of sulfonamides is 3. The number of rotatable bonds is 32. The maximum atomic E-state index is 12.0. The van der Waals surface area contributed by atoms with Crippen LogP contribution in [0.3, 0.4) is 0 Å². The van der Waals surface area contributed by atoms with Crippen LogP contribution in [0.15, 0.2) is 78.9 Å². The minimum absolute atomic E-state index is 0.00309. The summed E-state index contributed by atoms with van der Waals surface area (Å²) in [6.45, 7) is 8.11. The van der Waals surface area contributed by atoms with E-state index in [1.54, 1.807) is 26.0 Å². The first-order chi connectivity index (χ1) is 40.6. The van der Waals surface area contributed by atoms with Gasteiger partial charge in [-0.05, 0) is 92.4 Å². The van der Waals surface area contributed by atoms with Gasteiger partial charge in [0.15, 0.2) is 0 Å². The fraction of sp³-hybridized carbons (Fsp3) is 0.417. The Balaban J connectivity index is 0.000000600. The van der Waals surface area contributed by atoms with Gasteiger partial charge in [0, 0.05) is 38.6 Å². The quantitative estimate of drug-likeness (QED) is 0.0313. The van der Waals surface area contributed by atoms with Crippen LogP contribution < -0.4 is 23.0 Å². The third-order valence-electron chi connectivity index (χ3n) is 11.4. The van der Waals surface area contributed by atoms with Crippen molar-refractivity contribution in [1.29, 1.82) is 0 Å². The lowest BCUT2D eigenvalue weighted by Gasteiger charge is -2.26. The zero-order chi connectivity index (χ0) is 68.7. The SMILES string of the molecule is CCCCN(CCCC)c1ccc(NS(=O)(=O)CCS(=O)(=O)O)cc1C(=O)O.CN(c1ccccc1C(=O)O)S(=O)OCCS(=O)(=O)O.Cc1ccc(N(C)S(=O)(=O)CCS(=O)(=O)O)cc1C(=O)O.Cc1ccc(NS(=O)(=O)CCS(=O)(=O)O)cc1C(=O)O. The molecule has 0 aliphatic heterocycles. The molecular formula is C48H69N5O28S8. The van der Waals surface area contributed by atoms with Gasteiger partial charge in [-0.15, -0.1) is 0 Å². The topological polar surface area (TPSA) is 529 Å². The van der Waals surface area contributed by atoms with Crippen LogP contribution in [0, 0.1) is 13.8 Å². The highest BCUT2D eigenvalue weighted by Crippen LogP contribution is 2.27. The van der Waals surface area contributed by atoms with Crippen molar-refractivity contribution in [2.75, 3.05) is 97.0 Å². The van der Waals surface area contributed by atoms with Crippen LogP contribution in [-0.2, 0) is 86.0 Å². The molecule has 0 aliphatic rings. The summed E-state index contributed by atoms with van der Waals surface area (Å²) < 4.78 is 213. The third-order valence-corrected chi connectivity index (χ3v) is 20.4. The van der Waals surface area contributed by atoms with Gasteiger partial charge in [-0.2, -0.15) is 33.7 Å². The van der Waals surface area contributed by atoms with E-state index in [4.69, 9.17) is 37.7 Å². The van der Waals surface area contributed by atoms with Crippen LogP contribution in [0.4, 0.5) is 28.4 Å². The van der Waals surface area contributed by atoms with Crippen LogP contribution in [0.5, 0.6) is 0 Å². The maximum absolute atomic E-state index is 12.0. The van der Waals surface area contributed by atoms with Gasteiger partial charge in [0.25, 0.3) is 51.7 Å². The minimum atomic E-state index is -4.43.